The lowest BCUT2D eigenvalue weighted by Crippen LogP contribution is -2.38. The van der Waals surface area contributed by atoms with Crippen molar-refractivity contribution in [1.29, 1.82) is 0 Å². The van der Waals surface area contributed by atoms with Crippen molar-refractivity contribution in [2.75, 3.05) is 0 Å². The quantitative estimate of drug-likeness (QED) is 0.0547. The molecule has 7 nitrogen and oxygen atoms in total. The van der Waals surface area contributed by atoms with E-state index in [0.29, 0.717) is 17.8 Å². The number of nitrogens with one attached hydrogen (secondary N) is 1. The van der Waals surface area contributed by atoms with Gasteiger partial charge in [0.25, 0.3) is 0 Å². The average molecular weight is 857 g/mol. The predicted molar refractivity (Wildman–Crippen MR) is 252 cm³/mol. The Hall–Kier alpha value is -5.95. The second-order valence-corrected chi connectivity index (χ2v) is 18.1. The highest BCUT2D eigenvalue weighted by molar-refractivity contribution is 5.60. The number of hydrogen-bond acceptors (Lipinski definition) is 0. The van der Waals surface area contributed by atoms with Crippen molar-refractivity contribution in [2.24, 2.45) is 0 Å². The Balaban J connectivity index is 0.819. The third-order valence-electron chi connectivity index (χ3n) is 13.1. The van der Waals surface area contributed by atoms with Gasteiger partial charge in [-0.3, -0.25) is 0 Å². The maximum Gasteiger partial charge on any atom is 0.169 e. The molecule has 0 aliphatic carbocycles. The van der Waals surface area contributed by atoms with Crippen LogP contribution in [0.5, 0.6) is 0 Å². The second kappa shape index (κ2) is 24.2. The van der Waals surface area contributed by atoms with Gasteiger partial charge in [-0.15, -0.1) is 0 Å². The molecule has 3 unspecified atom stereocenters. The van der Waals surface area contributed by atoms with Crippen molar-refractivity contribution in [1.82, 2.24) is 0 Å². The lowest BCUT2D eigenvalue weighted by atomic mass is 9.83. The van der Waals surface area contributed by atoms with Gasteiger partial charge in [0.2, 0.25) is 0 Å². The molecule has 7 aromatic rings. The predicted octanol–water partition coefficient (Wildman–Crippen LogP) is 8.54. The van der Waals surface area contributed by atoms with Gasteiger partial charge in [0.1, 0.15) is 13.1 Å². The van der Waals surface area contributed by atoms with E-state index in [2.05, 4.69) is 219 Å². The standard InChI is InChI=1S/C57H73N7/c1-5-29-59-35-15-51(16-36-59)10-9-48(3)52-17-37-61(38-18-52)31-7-33-63-43-21-54(22-44-63)55-23-45-64(46-24-55)34-8-32-62-39-19-53(20-40-62)49(4)47-57(12-11-50-13-27-58-28-14-50)56-25-41-60(30-6-2)42-26-56/h13-28,35-46,48-49,57H,5-12,29-34,47H2,1-4H3/q+6/p+1. The third-order valence-corrected chi connectivity index (χ3v) is 13.1. The number of H-pyrrole nitrogens is 1. The van der Waals surface area contributed by atoms with Crippen LogP contribution in [0.4, 0.5) is 0 Å². The van der Waals surface area contributed by atoms with E-state index in [0.717, 1.165) is 84.2 Å². The van der Waals surface area contributed by atoms with Gasteiger partial charge in [-0.1, -0.05) is 27.7 Å². The minimum atomic E-state index is 0.479. The fourth-order valence-corrected chi connectivity index (χ4v) is 9.04. The SMILES string of the molecule is CCC[n+]1ccc(CCC(C)c2cc[n+](CCC[n+]3ccc(-c4cc[n+](CCC[n+]5ccc(C(C)CC(CCc6cc[nH+]cc6)c6cc[n+](CCC)cc6)cc5)cc4)cc3)cc2)cc1. The van der Waals surface area contributed by atoms with Crippen LogP contribution in [0.25, 0.3) is 11.1 Å². The molecule has 0 bridgehead atoms. The zero-order chi connectivity index (χ0) is 44.4. The first-order valence-electron chi connectivity index (χ1n) is 24.3. The van der Waals surface area contributed by atoms with Gasteiger partial charge >= 0.3 is 0 Å². The van der Waals surface area contributed by atoms with Crippen LogP contribution >= 0.6 is 0 Å². The monoisotopic (exact) mass is 857 g/mol. The molecule has 64 heavy (non-hydrogen) atoms. The second-order valence-electron chi connectivity index (χ2n) is 18.1. The van der Waals surface area contributed by atoms with E-state index in [1.54, 1.807) is 0 Å². The Morgan fingerprint density at radius 1 is 0.391 bits per heavy atom. The van der Waals surface area contributed by atoms with Gasteiger partial charge in [-0.2, -0.15) is 0 Å². The fraction of sp³-hybridized carbons (Fsp3) is 0.386. The first kappa shape index (κ1) is 46.1. The zero-order valence-electron chi connectivity index (χ0n) is 39.2. The summed E-state index contributed by atoms with van der Waals surface area (Å²) >= 11 is 0. The molecule has 7 heterocycles. The molecule has 1 N–H and O–H groups in total. The molecule has 0 aromatic carbocycles. The van der Waals surface area contributed by atoms with Crippen LogP contribution in [0.3, 0.4) is 0 Å². The van der Waals surface area contributed by atoms with Crippen LogP contribution in [0.2, 0.25) is 0 Å². The van der Waals surface area contributed by atoms with Gasteiger partial charge in [0.05, 0.1) is 12.8 Å². The van der Waals surface area contributed by atoms with Crippen LogP contribution in [-0.4, -0.2) is 0 Å². The highest BCUT2D eigenvalue weighted by atomic mass is 15.0. The highest BCUT2D eigenvalue weighted by Gasteiger charge is 2.20. The van der Waals surface area contributed by atoms with Crippen LogP contribution in [0, 0.1) is 0 Å². The first-order chi connectivity index (χ1) is 31.4. The third kappa shape index (κ3) is 14.0. The molecule has 0 aliphatic rings. The van der Waals surface area contributed by atoms with Crippen LogP contribution in [0.15, 0.2) is 172 Å². The molecule has 0 saturated heterocycles. The van der Waals surface area contributed by atoms with Crippen LogP contribution in [-0.2, 0) is 52.1 Å². The summed E-state index contributed by atoms with van der Waals surface area (Å²) in [4.78, 5) is 3.17. The van der Waals surface area contributed by atoms with Gasteiger partial charge < -0.3 is 0 Å². The van der Waals surface area contributed by atoms with Gasteiger partial charge in [0.15, 0.2) is 113 Å². The summed E-state index contributed by atoms with van der Waals surface area (Å²) in [6.45, 7) is 15.4. The summed E-state index contributed by atoms with van der Waals surface area (Å²) < 4.78 is 13.8. The van der Waals surface area contributed by atoms with E-state index in [4.69, 9.17) is 0 Å². The topological polar surface area (TPSA) is 37.4 Å². The number of nitrogens with zero attached hydrogens (tertiary/aromatic N) is 6. The van der Waals surface area contributed by atoms with E-state index < -0.39 is 0 Å². The molecule has 7 rings (SSSR count). The van der Waals surface area contributed by atoms with Crippen molar-refractivity contribution in [3.8, 4) is 11.1 Å². The molecule has 0 fully saturated rings. The molecule has 0 saturated carbocycles. The summed E-state index contributed by atoms with van der Waals surface area (Å²) in [5.41, 5.74) is 9.63. The summed E-state index contributed by atoms with van der Waals surface area (Å²) in [5, 5.41) is 0. The minimum absolute atomic E-state index is 0.479. The summed E-state index contributed by atoms with van der Waals surface area (Å²) in [7, 11) is 0. The van der Waals surface area contributed by atoms with E-state index in [-0.39, 0.29) is 0 Å². The van der Waals surface area contributed by atoms with Crippen molar-refractivity contribution >= 4 is 0 Å². The van der Waals surface area contributed by atoms with Gasteiger partial charge in [-0.25, -0.2) is 32.4 Å². The number of aryl methyl sites for hydroxylation is 8. The number of aromatic nitrogens is 7. The lowest BCUT2D eigenvalue weighted by Gasteiger charge is -2.21. The largest absolute Gasteiger partial charge is 0.218 e. The maximum absolute atomic E-state index is 3.17. The Kier molecular flexibility index (Phi) is 17.4. The van der Waals surface area contributed by atoms with E-state index in [1.165, 1.54) is 51.8 Å². The Bertz CT molecular complexity index is 2380. The molecule has 7 heteroatoms. The molecule has 7 aromatic heterocycles. The molecule has 3 atom stereocenters. The average Bonchev–Trinajstić information content (AvgIpc) is 3.34. The number of rotatable bonds is 24. The maximum atomic E-state index is 3.17. The molecule has 0 radical (unpaired) electrons. The van der Waals surface area contributed by atoms with Crippen molar-refractivity contribution in [3.05, 3.63) is 200 Å². The molecule has 0 spiro atoms. The van der Waals surface area contributed by atoms with Crippen LogP contribution in [0.1, 0.15) is 118 Å². The number of aromatic amines is 1. The molecule has 0 amide bonds. The van der Waals surface area contributed by atoms with E-state index in [9.17, 15) is 0 Å². The number of hydrogen-bond donors (Lipinski definition) is 0. The van der Waals surface area contributed by atoms with Crippen LogP contribution < -0.4 is 32.4 Å². The van der Waals surface area contributed by atoms with Gasteiger partial charge in [-0.05, 0) is 88.8 Å². The molecule has 330 valence electrons. The lowest BCUT2D eigenvalue weighted by molar-refractivity contribution is -0.727. The summed E-state index contributed by atoms with van der Waals surface area (Å²) in [6, 6.07) is 32.0. The Labute approximate surface area is 384 Å². The highest BCUT2D eigenvalue weighted by Crippen LogP contribution is 2.32. The van der Waals surface area contributed by atoms with Crippen molar-refractivity contribution < 1.29 is 32.4 Å². The summed E-state index contributed by atoms with van der Waals surface area (Å²) in [5.74, 6) is 1.54. The molecular formula is C57H74N7+7. The zero-order valence-corrected chi connectivity index (χ0v) is 39.2. The summed E-state index contributed by atoms with van der Waals surface area (Å²) in [6.07, 6.45) is 41.2. The minimum Gasteiger partial charge on any atom is -0.218 e. The molecular weight excluding hydrogens is 783 g/mol. The Morgan fingerprint density at radius 2 is 0.750 bits per heavy atom. The van der Waals surface area contributed by atoms with Crippen molar-refractivity contribution in [2.45, 2.75) is 143 Å². The fourth-order valence-electron chi connectivity index (χ4n) is 9.04. The molecule has 0 aliphatic heterocycles. The normalized spacial score (nSPS) is 12.8. The van der Waals surface area contributed by atoms with E-state index >= 15 is 0 Å². The Morgan fingerprint density at radius 3 is 1.20 bits per heavy atom. The van der Waals surface area contributed by atoms with Gasteiger partial charge in [0, 0.05) is 97.8 Å². The number of pyridine rings is 7. The van der Waals surface area contributed by atoms with E-state index in [1.807, 2.05) is 12.4 Å². The smallest absolute Gasteiger partial charge is 0.169 e. The first-order valence-corrected chi connectivity index (χ1v) is 24.3. The van der Waals surface area contributed by atoms with Crippen molar-refractivity contribution in [3.63, 3.8) is 0 Å².